The maximum atomic E-state index is 15.9. The van der Waals surface area contributed by atoms with Gasteiger partial charge >= 0.3 is 5.97 Å². The van der Waals surface area contributed by atoms with Crippen LogP contribution in [0.15, 0.2) is 158 Å². The number of phenols is 1. The van der Waals surface area contributed by atoms with Crippen LogP contribution in [0.2, 0.25) is 0 Å². The molecule has 6 aliphatic rings. The standard InChI is InChI=1S/C86H99F2N17O14/c1-47(89-9)75(107)96-73(85(3,4)5)82(114)102-33-31-67-70(102)80(112)93-65(40-50-19-23-53-15-11-13-17-56(53)35-50)78(110)92-64(77(109)91-42-52-37-62(87)72(106)63(88)38-52)39-49-21-27-60(28-22-49)118-45-58-43-104(100-98-58)68-32-34-103(83(115)74(86(6,7)8)97-76(108)48(2)90-10)71(68)81(113)94-66(41-51-20-24-54-16-12-14-18-57(54)36-51)79(111)95-69(84(116)117)55-25-29-61(30-26-55)119-46-59-44-105(67)101-99-59/h11-30,35-38,43-44,47-48,64-71,73-74,89-90,106H,31-34,39-42,45-46H2,1-10H3,(H,91,109)(H,92,110)(H,93,112)(H,94,113)(H,95,111)(H,96,107)(H,97,108)(H,116,117)/t47-,48-,64-,65-,66-,67+,68+,69-,70-,71-,73+,74+/m0/s1. The molecule has 15 rings (SSSR count). The van der Waals surface area contributed by atoms with Gasteiger partial charge < -0.3 is 77.3 Å². The van der Waals surface area contributed by atoms with E-state index in [4.69, 9.17) is 9.47 Å². The summed E-state index contributed by atoms with van der Waals surface area (Å²) in [6.07, 6.45) is 2.66. The number of rotatable bonds is 16. The number of hydrogen-bond acceptors (Lipinski definition) is 19. The Morgan fingerprint density at radius 2 is 0.975 bits per heavy atom. The zero-order valence-corrected chi connectivity index (χ0v) is 67.6. The molecule has 2 saturated heterocycles. The molecule has 9 amide bonds. The van der Waals surface area contributed by atoms with Crippen molar-refractivity contribution in [2.24, 2.45) is 10.8 Å². The van der Waals surface area contributed by atoms with Gasteiger partial charge in [-0.3, -0.25) is 43.2 Å². The van der Waals surface area contributed by atoms with E-state index < -0.39 is 166 Å². The summed E-state index contributed by atoms with van der Waals surface area (Å²) in [7, 11) is 3.19. The number of likely N-dealkylation sites (tertiary alicyclic amines) is 2. The van der Waals surface area contributed by atoms with Gasteiger partial charge in [-0.2, -0.15) is 0 Å². The average Bonchev–Trinajstić information content (AvgIpc) is 1.64. The number of fused-ring (bicyclic) bond motifs is 2. The molecule has 2 aromatic heterocycles. The van der Waals surface area contributed by atoms with E-state index in [2.05, 4.69) is 68.5 Å². The quantitative estimate of drug-likeness (QED) is 0.0558. The Kier molecular flexibility index (Phi) is 26.5. The Labute approximate surface area is 685 Å². The Hall–Kier alpha value is -12.8. The largest absolute Gasteiger partial charge is 0.503 e. The fourth-order valence-electron chi connectivity index (χ4n) is 15.0. The second-order valence-corrected chi connectivity index (χ2v) is 32.5. The fourth-order valence-corrected chi connectivity index (χ4v) is 15.0. The van der Waals surface area contributed by atoms with Gasteiger partial charge in [-0.05, 0) is 137 Å². The van der Waals surface area contributed by atoms with E-state index in [0.717, 1.165) is 33.7 Å². The van der Waals surface area contributed by atoms with Gasteiger partial charge in [0.1, 0.15) is 78.4 Å². The van der Waals surface area contributed by atoms with Crippen LogP contribution in [-0.2, 0) is 87.0 Å². The van der Waals surface area contributed by atoms with Gasteiger partial charge in [-0.25, -0.2) is 22.9 Å². The summed E-state index contributed by atoms with van der Waals surface area (Å²) in [5.41, 5.74) is 0.244. The average molecular weight is 1630 g/mol. The number of amides is 9. The predicted octanol–water partition coefficient (Wildman–Crippen LogP) is 5.63. The highest BCUT2D eigenvalue weighted by Crippen LogP contribution is 2.36. The van der Waals surface area contributed by atoms with Gasteiger partial charge in [0.25, 0.3) is 0 Å². The Morgan fingerprint density at radius 1 is 0.546 bits per heavy atom. The normalized spacial score (nSPS) is 20.8. The van der Waals surface area contributed by atoms with Crippen LogP contribution in [0.25, 0.3) is 21.5 Å². The number of ether oxygens (including phenoxy) is 2. The number of aromatic nitrogens is 6. The van der Waals surface area contributed by atoms with E-state index >= 15 is 28.8 Å². The molecule has 8 heterocycles. The molecule has 2 fully saturated rings. The molecule has 0 spiro atoms. The number of carbonyl (C=O) groups is 10. The number of aromatic hydroxyl groups is 1. The van der Waals surface area contributed by atoms with Crippen LogP contribution in [0.3, 0.4) is 0 Å². The number of phenolic OH excluding ortho intramolecular Hbond substituents is 1. The van der Waals surface area contributed by atoms with Crippen LogP contribution in [0.5, 0.6) is 17.2 Å². The van der Waals surface area contributed by atoms with Gasteiger partial charge in [0.2, 0.25) is 53.2 Å². The van der Waals surface area contributed by atoms with Crippen LogP contribution in [0.1, 0.15) is 126 Å². The van der Waals surface area contributed by atoms with E-state index in [0.29, 0.717) is 16.7 Å². The summed E-state index contributed by atoms with van der Waals surface area (Å²) >= 11 is 0. The van der Waals surface area contributed by atoms with Crippen LogP contribution in [0, 0.1) is 22.5 Å². The smallest absolute Gasteiger partial charge is 0.330 e. The molecule has 33 heteroatoms. The SMILES string of the molecule is CN[C@@H](C)C(=O)N[C@H](C(=O)N1CC[C@@H]2[C@H]1C(=O)N[C@@H](Cc1ccc3ccccc3c1)C(=O)N[C@H](C(=O)NCc1cc(F)c(O)c(F)c1)Cc1ccc(cc1)OCc1cn(nn1)[C@@H]1CCN(C(=O)[C@@H](NC(=O)[C@H](C)NC)C(C)(C)C)[C@@H]1C(=O)N[C@@H](Cc1ccc3ccccc3c1)C(=O)N[C@H](C(=O)O)c1ccc(cc1)OCc1cn2nn1)C(C)(C)C. The fraction of sp³-hybridized carbons (Fsp3) is 0.395. The lowest BCUT2D eigenvalue weighted by molar-refractivity contribution is -0.145. The van der Waals surface area contributed by atoms with Crippen molar-refractivity contribution in [1.82, 2.24) is 87.6 Å². The topological polar surface area (TPSA) is 406 Å². The molecule has 9 aromatic rings. The van der Waals surface area contributed by atoms with Crippen molar-refractivity contribution >= 4 is 80.7 Å². The van der Waals surface area contributed by atoms with Gasteiger partial charge in [0.15, 0.2) is 23.4 Å². The van der Waals surface area contributed by atoms with Gasteiger partial charge in [-0.1, -0.05) is 161 Å². The second-order valence-electron chi connectivity index (χ2n) is 32.5. The molecule has 626 valence electrons. The molecule has 31 nitrogen and oxygen atoms in total. The maximum absolute atomic E-state index is 15.9. The maximum Gasteiger partial charge on any atom is 0.330 e. The molecule has 6 aliphatic heterocycles. The number of aliphatic carboxylic acids is 1. The van der Waals surface area contributed by atoms with Crippen molar-refractivity contribution in [3.63, 3.8) is 0 Å². The summed E-state index contributed by atoms with van der Waals surface area (Å²) in [4.78, 5) is 151. The van der Waals surface area contributed by atoms with Gasteiger partial charge in [0, 0.05) is 38.9 Å². The van der Waals surface area contributed by atoms with E-state index in [9.17, 15) is 38.2 Å². The third-order valence-corrected chi connectivity index (χ3v) is 21.9. The van der Waals surface area contributed by atoms with E-state index in [1.807, 2.05) is 72.8 Å². The first-order valence-corrected chi connectivity index (χ1v) is 39.4. The first-order chi connectivity index (χ1) is 56.7. The number of carboxylic acids is 1. The molecule has 7 aromatic carbocycles. The molecule has 119 heavy (non-hydrogen) atoms. The summed E-state index contributed by atoms with van der Waals surface area (Å²) in [5.74, 6) is -11.3. The molecule has 0 saturated carbocycles. The second kappa shape index (κ2) is 36.8. The van der Waals surface area contributed by atoms with Crippen LogP contribution in [-0.4, -0.2) is 191 Å². The van der Waals surface area contributed by atoms with Gasteiger partial charge in [0.05, 0.1) is 36.6 Å². The first kappa shape index (κ1) is 85.6. The number of carbonyl (C=O) groups excluding carboxylic acids is 9. The van der Waals surface area contributed by atoms with Gasteiger partial charge in [-0.15, -0.1) is 10.2 Å². The number of nitrogens with one attached hydrogen (secondary N) is 9. The monoisotopic (exact) mass is 1630 g/mol. The van der Waals surface area contributed by atoms with Crippen LogP contribution in [0.4, 0.5) is 8.78 Å². The van der Waals surface area contributed by atoms with Crippen molar-refractivity contribution in [2.45, 2.75) is 180 Å². The lowest BCUT2D eigenvalue weighted by Gasteiger charge is -2.37. The van der Waals surface area contributed by atoms with Crippen molar-refractivity contribution < 1.29 is 76.4 Å². The molecule has 8 bridgehead atoms. The highest BCUT2D eigenvalue weighted by molar-refractivity contribution is 5.99. The van der Waals surface area contributed by atoms with Crippen molar-refractivity contribution in [1.29, 1.82) is 0 Å². The molecular weight excluding hydrogens is 1530 g/mol. The van der Waals surface area contributed by atoms with E-state index in [1.54, 1.807) is 106 Å². The number of carboxylic acid groups (broad SMARTS) is 1. The van der Waals surface area contributed by atoms with Crippen LogP contribution >= 0.6 is 0 Å². The lowest BCUT2D eigenvalue weighted by Crippen LogP contribution is -2.61. The Balaban J connectivity index is 0.926. The molecule has 12 atom stereocenters. The molecule has 0 aliphatic carbocycles. The summed E-state index contributed by atoms with van der Waals surface area (Å²) in [6.45, 7) is 12.8. The van der Waals surface area contributed by atoms with Crippen molar-refractivity contribution in [3.8, 4) is 17.2 Å². The first-order valence-electron chi connectivity index (χ1n) is 39.4. The molecule has 11 N–H and O–H groups in total. The van der Waals surface area contributed by atoms with Crippen LogP contribution < -0.4 is 57.3 Å². The zero-order chi connectivity index (χ0) is 85.3. The van der Waals surface area contributed by atoms with Crippen molar-refractivity contribution in [2.75, 3.05) is 27.2 Å². The number of nitrogens with zero attached hydrogens (tertiary/aromatic N) is 8. The third kappa shape index (κ3) is 20.4. The highest BCUT2D eigenvalue weighted by atomic mass is 19.1. The van der Waals surface area contributed by atoms with E-state index in [-0.39, 0.29) is 92.4 Å². The minimum absolute atomic E-state index is 0.0399. The Morgan fingerprint density at radius 3 is 1.40 bits per heavy atom. The lowest BCUT2D eigenvalue weighted by atomic mass is 9.85. The number of halogens is 2. The molecule has 0 radical (unpaired) electrons. The van der Waals surface area contributed by atoms with Crippen molar-refractivity contribution in [3.05, 3.63) is 209 Å². The summed E-state index contributed by atoms with van der Waals surface area (Å²) < 4.78 is 44.9. The minimum Gasteiger partial charge on any atom is -0.503 e. The number of likely N-dealkylation sites (N-methyl/N-ethyl adjacent to an activating group) is 2. The van der Waals surface area contributed by atoms with E-state index in [1.165, 1.54) is 55.8 Å². The summed E-state index contributed by atoms with van der Waals surface area (Å²) in [6, 6.07) is 24.9. The molecular formula is C86H99F2N17O14. The number of hydrogen-bond donors (Lipinski definition) is 11. The molecule has 0 unspecified atom stereocenters. The minimum atomic E-state index is -1.71. The third-order valence-electron chi connectivity index (χ3n) is 21.9. The highest BCUT2D eigenvalue weighted by Gasteiger charge is 2.51. The predicted molar refractivity (Wildman–Crippen MR) is 433 cm³/mol. The zero-order valence-electron chi connectivity index (χ0n) is 67.6. The summed E-state index contributed by atoms with van der Waals surface area (Å²) in [5, 5.41) is 67.6. The number of benzene rings is 7. The Bertz CT molecular complexity index is 5240.